The van der Waals surface area contributed by atoms with Crippen molar-refractivity contribution in [2.45, 2.75) is 43.6 Å². The number of rotatable bonds is 5. The van der Waals surface area contributed by atoms with Crippen molar-refractivity contribution in [3.63, 3.8) is 0 Å². The molecular formula is C21H24O6. The van der Waals surface area contributed by atoms with Crippen molar-refractivity contribution >= 4 is 0 Å². The molecule has 2 aliphatic heterocycles. The van der Waals surface area contributed by atoms with E-state index in [1.807, 2.05) is 60.7 Å². The molecule has 0 aromatic heterocycles. The van der Waals surface area contributed by atoms with Gasteiger partial charge in [-0.15, -0.1) is 0 Å². The van der Waals surface area contributed by atoms with Crippen molar-refractivity contribution in [2.24, 2.45) is 0 Å². The highest BCUT2D eigenvalue weighted by Crippen LogP contribution is 2.35. The van der Waals surface area contributed by atoms with Crippen LogP contribution in [0, 0.1) is 0 Å². The first kappa shape index (κ1) is 18.6. The predicted molar refractivity (Wildman–Crippen MR) is 96.7 cm³/mol. The fraction of sp³-hybridized carbons (Fsp3) is 0.429. The van der Waals surface area contributed by atoms with Gasteiger partial charge in [0, 0.05) is 12.7 Å². The number of aliphatic hydroxyl groups excluding tert-OH is 1. The molecule has 6 heteroatoms. The Morgan fingerprint density at radius 2 is 1.70 bits per heavy atom. The molecule has 2 saturated heterocycles. The summed E-state index contributed by atoms with van der Waals surface area (Å²) in [6.45, 7) is 0.699. The molecule has 0 spiro atoms. The largest absolute Gasteiger partial charge is 0.385 e. The normalized spacial score (nSPS) is 33.4. The van der Waals surface area contributed by atoms with E-state index in [0.29, 0.717) is 13.2 Å². The van der Waals surface area contributed by atoms with Crippen LogP contribution in [0.25, 0.3) is 0 Å². The molecule has 6 atom stereocenters. The van der Waals surface area contributed by atoms with E-state index >= 15 is 0 Å². The number of ether oxygens (including phenoxy) is 5. The molecule has 4 rings (SSSR count). The van der Waals surface area contributed by atoms with Crippen molar-refractivity contribution in [3.8, 4) is 0 Å². The molecule has 27 heavy (non-hydrogen) atoms. The summed E-state index contributed by atoms with van der Waals surface area (Å²) in [5.74, 6) is 0. The zero-order valence-corrected chi connectivity index (χ0v) is 15.1. The van der Waals surface area contributed by atoms with Crippen LogP contribution in [0.15, 0.2) is 60.7 Å². The van der Waals surface area contributed by atoms with E-state index in [2.05, 4.69) is 0 Å². The van der Waals surface area contributed by atoms with Crippen LogP contribution in [0.1, 0.15) is 17.4 Å². The maximum Gasteiger partial charge on any atom is 0.186 e. The van der Waals surface area contributed by atoms with Crippen LogP contribution < -0.4 is 0 Å². The highest BCUT2D eigenvalue weighted by Gasteiger charge is 2.50. The molecule has 6 nitrogen and oxygen atoms in total. The van der Waals surface area contributed by atoms with Gasteiger partial charge >= 0.3 is 0 Å². The van der Waals surface area contributed by atoms with Crippen LogP contribution in [0.2, 0.25) is 0 Å². The first-order valence-electron chi connectivity index (χ1n) is 9.10. The number of benzene rings is 2. The summed E-state index contributed by atoms with van der Waals surface area (Å²) in [5, 5.41) is 10.7. The summed E-state index contributed by atoms with van der Waals surface area (Å²) in [6, 6.07) is 19.5. The molecule has 0 aliphatic carbocycles. The molecule has 144 valence electrons. The fourth-order valence-electron chi connectivity index (χ4n) is 3.49. The van der Waals surface area contributed by atoms with Gasteiger partial charge in [0.1, 0.15) is 24.4 Å². The SMILES string of the molecule is CO[C@H]1O[C@@H]2CO[C@@H](c3ccccc3)O[C@H]2[C@@H](OCc2ccccc2)[C@@H]1O. The second-order valence-corrected chi connectivity index (χ2v) is 6.71. The summed E-state index contributed by atoms with van der Waals surface area (Å²) in [4.78, 5) is 0. The number of hydrogen-bond donors (Lipinski definition) is 1. The van der Waals surface area contributed by atoms with Crippen molar-refractivity contribution in [1.82, 2.24) is 0 Å². The van der Waals surface area contributed by atoms with Crippen LogP contribution in [-0.4, -0.2) is 49.5 Å². The zero-order valence-electron chi connectivity index (χ0n) is 15.1. The third-order valence-corrected chi connectivity index (χ3v) is 4.90. The summed E-state index contributed by atoms with van der Waals surface area (Å²) >= 11 is 0. The lowest BCUT2D eigenvalue weighted by molar-refractivity contribution is -0.363. The van der Waals surface area contributed by atoms with Crippen molar-refractivity contribution in [2.75, 3.05) is 13.7 Å². The Bertz CT molecular complexity index is 709. The summed E-state index contributed by atoms with van der Waals surface area (Å²) in [7, 11) is 1.50. The Hall–Kier alpha value is -1.80. The smallest absolute Gasteiger partial charge is 0.186 e. The van der Waals surface area contributed by atoms with Gasteiger partial charge in [-0.25, -0.2) is 0 Å². The van der Waals surface area contributed by atoms with E-state index in [4.69, 9.17) is 23.7 Å². The van der Waals surface area contributed by atoms with Crippen molar-refractivity contribution in [1.29, 1.82) is 0 Å². The molecule has 0 radical (unpaired) electrons. The minimum absolute atomic E-state index is 0.335. The first-order valence-corrected chi connectivity index (χ1v) is 9.10. The summed E-state index contributed by atoms with van der Waals surface area (Å²) in [5.41, 5.74) is 1.94. The molecular weight excluding hydrogens is 348 g/mol. The lowest BCUT2D eigenvalue weighted by atomic mass is 9.97. The van der Waals surface area contributed by atoms with Gasteiger partial charge < -0.3 is 28.8 Å². The zero-order chi connectivity index (χ0) is 18.6. The Balaban J connectivity index is 1.51. The molecule has 0 saturated carbocycles. The van der Waals surface area contributed by atoms with E-state index in [9.17, 15) is 5.11 Å². The lowest BCUT2D eigenvalue weighted by Crippen LogP contribution is -2.62. The van der Waals surface area contributed by atoms with Crippen LogP contribution >= 0.6 is 0 Å². The highest BCUT2D eigenvalue weighted by molar-refractivity contribution is 5.17. The van der Waals surface area contributed by atoms with Gasteiger partial charge in [-0.1, -0.05) is 60.7 Å². The number of hydrogen-bond acceptors (Lipinski definition) is 6. The molecule has 2 heterocycles. The minimum Gasteiger partial charge on any atom is -0.385 e. The monoisotopic (exact) mass is 372 g/mol. The van der Waals surface area contributed by atoms with E-state index in [1.54, 1.807) is 0 Å². The average molecular weight is 372 g/mol. The van der Waals surface area contributed by atoms with E-state index in [0.717, 1.165) is 11.1 Å². The Labute approximate surface area is 158 Å². The standard InChI is InChI=1S/C21H24O6/c1-23-21-17(22)19(24-12-14-8-4-2-5-9-14)18-16(26-21)13-25-20(27-18)15-10-6-3-7-11-15/h2-11,16-22H,12-13H2,1H3/t16-,17+,18-,19+,20-,21+/m1/s1. The van der Waals surface area contributed by atoms with Gasteiger partial charge in [0.15, 0.2) is 12.6 Å². The number of aliphatic hydroxyl groups is 1. The second kappa shape index (κ2) is 8.48. The lowest BCUT2D eigenvalue weighted by Gasteiger charge is -2.47. The third kappa shape index (κ3) is 4.06. The van der Waals surface area contributed by atoms with Crippen LogP contribution in [0.4, 0.5) is 0 Å². The van der Waals surface area contributed by atoms with Gasteiger partial charge in [0.2, 0.25) is 0 Å². The molecule has 2 aromatic rings. The highest BCUT2D eigenvalue weighted by atomic mass is 16.8. The van der Waals surface area contributed by atoms with Gasteiger partial charge in [0.25, 0.3) is 0 Å². The van der Waals surface area contributed by atoms with Gasteiger partial charge in [0.05, 0.1) is 13.2 Å². The Kier molecular flexibility index (Phi) is 5.83. The molecule has 2 aliphatic rings. The maximum atomic E-state index is 10.7. The first-order chi connectivity index (χ1) is 13.3. The minimum atomic E-state index is -0.963. The quantitative estimate of drug-likeness (QED) is 0.870. The summed E-state index contributed by atoms with van der Waals surface area (Å²) < 4.78 is 29.2. The van der Waals surface area contributed by atoms with E-state index in [1.165, 1.54) is 7.11 Å². The number of methoxy groups -OCH3 is 1. The maximum absolute atomic E-state index is 10.7. The second-order valence-electron chi connectivity index (χ2n) is 6.71. The fourth-order valence-corrected chi connectivity index (χ4v) is 3.49. The molecule has 2 aromatic carbocycles. The predicted octanol–water partition coefficient (Wildman–Crippen LogP) is 2.42. The van der Waals surface area contributed by atoms with Gasteiger partial charge in [-0.2, -0.15) is 0 Å². The van der Waals surface area contributed by atoms with E-state index < -0.39 is 30.9 Å². The number of fused-ring (bicyclic) bond motifs is 1. The Morgan fingerprint density at radius 3 is 2.41 bits per heavy atom. The van der Waals surface area contributed by atoms with Gasteiger partial charge in [-0.3, -0.25) is 0 Å². The topological polar surface area (TPSA) is 66.4 Å². The van der Waals surface area contributed by atoms with E-state index in [-0.39, 0.29) is 6.10 Å². The van der Waals surface area contributed by atoms with Crippen molar-refractivity contribution < 1.29 is 28.8 Å². The van der Waals surface area contributed by atoms with Crippen LogP contribution in [0.3, 0.4) is 0 Å². The Morgan fingerprint density at radius 1 is 1.00 bits per heavy atom. The van der Waals surface area contributed by atoms with Gasteiger partial charge in [-0.05, 0) is 5.56 Å². The molecule has 2 fully saturated rings. The summed E-state index contributed by atoms with van der Waals surface area (Å²) in [6.07, 6.45) is -3.70. The van der Waals surface area contributed by atoms with Crippen LogP contribution in [0.5, 0.6) is 0 Å². The molecule has 0 amide bonds. The molecule has 0 unspecified atom stereocenters. The average Bonchev–Trinajstić information content (AvgIpc) is 2.74. The molecule has 1 N–H and O–H groups in total. The van der Waals surface area contributed by atoms with Crippen molar-refractivity contribution in [3.05, 3.63) is 71.8 Å². The molecule has 0 bridgehead atoms. The third-order valence-electron chi connectivity index (χ3n) is 4.90. The van der Waals surface area contributed by atoms with Crippen LogP contribution in [-0.2, 0) is 30.3 Å².